The first-order valence-electron chi connectivity index (χ1n) is 5.35. The molecule has 0 aliphatic carbocycles. The molecule has 2 heterocycles. The quantitative estimate of drug-likeness (QED) is 0.848. The van der Waals surface area contributed by atoms with Crippen molar-refractivity contribution in [2.75, 3.05) is 32.4 Å². The van der Waals surface area contributed by atoms with Gasteiger partial charge in [-0.3, -0.25) is 4.90 Å². The predicted octanol–water partition coefficient (Wildman–Crippen LogP) is 1.48. The number of hydrogen-bond acceptors (Lipinski definition) is 4. The van der Waals surface area contributed by atoms with Crippen LogP contribution in [0, 0.1) is 0 Å². The summed E-state index contributed by atoms with van der Waals surface area (Å²) in [5.41, 5.74) is 1.13. The molecule has 17 heavy (non-hydrogen) atoms. The van der Waals surface area contributed by atoms with Crippen LogP contribution in [0.15, 0.2) is 10.8 Å². The lowest BCUT2D eigenvalue weighted by Gasteiger charge is -2.33. The van der Waals surface area contributed by atoms with Crippen LogP contribution in [0.5, 0.6) is 0 Å². The van der Waals surface area contributed by atoms with E-state index in [1.54, 1.807) is 11.3 Å². The average molecular weight is 295 g/mol. The Morgan fingerprint density at radius 2 is 1.94 bits per heavy atom. The van der Waals surface area contributed by atoms with E-state index in [-0.39, 0.29) is 0 Å². The molecule has 7 heteroatoms. The van der Waals surface area contributed by atoms with Gasteiger partial charge in [-0.05, 0) is 10.9 Å². The predicted molar refractivity (Wildman–Crippen MR) is 71.0 cm³/mol. The summed E-state index contributed by atoms with van der Waals surface area (Å²) in [5.74, 6) is 0. The first kappa shape index (κ1) is 13.3. The highest BCUT2D eigenvalue weighted by atomic mass is 35.5. The van der Waals surface area contributed by atoms with E-state index in [1.807, 2.05) is 10.8 Å². The zero-order chi connectivity index (χ0) is 12.5. The number of nitrogens with zero attached hydrogens (tertiary/aromatic N) is 2. The summed E-state index contributed by atoms with van der Waals surface area (Å²) in [6.07, 6.45) is 1.26. The Hall–Kier alpha value is -0.140. The van der Waals surface area contributed by atoms with Crippen LogP contribution in [-0.2, 0) is 16.6 Å². The van der Waals surface area contributed by atoms with E-state index in [0.29, 0.717) is 13.1 Å². The SMILES string of the molecule is CS(=O)(=O)N1CCN(Cc2cscc2Cl)CC1. The Morgan fingerprint density at radius 1 is 1.29 bits per heavy atom. The van der Waals surface area contributed by atoms with E-state index >= 15 is 0 Å². The van der Waals surface area contributed by atoms with Crippen molar-refractivity contribution in [3.05, 3.63) is 21.3 Å². The minimum atomic E-state index is -3.04. The summed E-state index contributed by atoms with van der Waals surface area (Å²) in [4.78, 5) is 2.23. The largest absolute Gasteiger partial charge is 0.296 e. The second-order valence-corrected chi connectivity index (χ2v) is 7.32. The summed E-state index contributed by atoms with van der Waals surface area (Å²) in [7, 11) is -3.04. The van der Waals surface area contributed by atoms with Gasteiger partial charge in [-0.2, -0.15) is 15.6 Å². The zero-order valence-electron chi connectivity index (χ0n) is 9.60. The van der Waals surface area contributed by atoms with Crippen LogP contribution in [0.3, 0.4) is 0 Å². The molecular weight excluding hydrogens is 280 g/mol. The second-order valence-electron chi connectivity index (χ2n) is 4.18. The molecule has 4 nitrogen and oxygen atoms in total. The Bertz CT molecular complexity index is 478. The molecule has 0 N–H and O–H groups in total. The lowest BCUT2D eigenvalue weighted by molar-refractivity contribution is 0.182. The molecule has 1 fully saturated rings. The highest BCUT2D eigenvalue weighted by molar-refractivity contribution is 7.88. The van der Waals surface area contributed by atoms with E-state index < -0.39 is 10.0 Å². The van der Waals surface area contributed by atoms with Crippen molar-refractivity contribution in [2.24, 2.45) is 0 Å². The molecule has 1 aromatic heterocycles. The van der Waals surface area contributed by atoms with E-state index in [0.717, 1.165) is 30.2 Å². The van der Waals surface area contributed by atoms with Crippen LogP contribution in [0.4, 0.5) is 0 Å². The number of piperazine rings is 1. The molecule has 0 amide bonds. The highest BCUT2D eigenvalue weighted by Gasteiger charge is 2.23. The average Bonchev–Trinajstić information content (AvgIpc) is 2.64. The fourth-order valence-electron chi connectivity index (χ4n) is 1.88. The van der Waals surface area contributed by atoms with Crippen molar-refractivity contribution in [1.82, 2.24) is 9.21 Å². The van der Waals surface area contributed by atoms with Gasteiger partial charge in [0.25, 0.3) is 0 Å². The minimum absolute atomic E-state index is 0.570. The molecule has 2 rings (SSSR count). The van der Waals surface area contributed by atoms with Gasteiger partial charge >= 0.3 is 0 Å². The van der Waals surface area contributed by atoms with Gasteiger partial charge in [-0.1, -0.05) is 11.6 Å². The lowest BCUT2D eigenvalue weighted by atomic mass is 10.3. The molecule has 0 radical (unpaired) electrons. The number of halogens is 1. The summed E-state index contributed by atoms with van der Waals surface area (Å²) in [6, 6.07) is 0. The van der Waals surface area contributed by atoms with Crippen molar-refractivity contribution >= 4 is 33.0 Å². The summed E-state index contributed by atoms with van der Waals surface area (Å²) in [5, 5.41) is 4.77. The summed E-state index contributed by atoms with van der Waals surface area (Å²) >= 11 is 7.63. The normalized spacial score (nSPS) is 19.6. The fraction of sp³-hybridized carbons (Fsp3) is 0.600. The first-order chi connectivity index (χ1) is 7.97. The molecule has 0 bridgehead atoms. The smallest absolute Gasteiger partial charge is 0.211 e. The Balaban J connectivity index is 1.90. The number of rotatable bonds is 3. The fourth-order valence-corrected chi connectivity index (χ4v) is 3.75. The maximum absolute atomic E-state index is 11.4. The van der Waals surface area contributed by atoms with Gasteiger partial charge in [0.1, 0.15) is 0 Å². The maximum atomic E-state index is 11.4. The standard InChI is InChI=1S/C10H15ClN2O2S2/c1-17(14,15)13-4-2-12(3-5-13)6-9-7-16-8-10(9)11/h7-8H,2-6H2,1H3. The third-order valence-electron chi connectivity index (χ3n) is 2.88. The first-order valence-corrected chi connectivity index (χ1v) is 8.52. The van der Waals surface area contributed by atoms with Crippen LogP contribution < -0.4 is 0 Å². The molecule has 1 aliphatic heterocycles. The van der Waals surface area contributed by atoms with Crippen LogP contribution in [0.1, 0.15) is 5.56 Å². The molecule has 0 unspecified atom stereocenters. The third-order valence-corrected chi connectivity index (χ3v) is 5.46. The van der Waals surface area contributed by atoms with Crippen LogP contribution >= 0.6 is 22.9 Å². The Labute approximate surface area is 111 Å². The molecule has 1 aromatic rings. The molecule has 0 spiro atoms. The minimum Gasteiger partial charge on any atom is -0.296 e. The molecule has 0 saturated carbocycles. The Kier molecular flexibility index (Phi) is 4.10. The van der Waals surface area contributed by atoms with Crippen LogP contribution in [-0.4, -0.2) is 50.1 Å². The van der Waals surface area contributed by atoms with Gasteiger partial charge in [-0.25, -0.2) is 8.42 Å². The van der Waals surface area contributed by atoms with Gasteiger partial charge in [-0.15, -0.1) is 0 Å². The van der Waals surface area contributed by atoms with Gasteiger partial charge in [0.15, 0.2) is 0 Å². The van der Waals surface area contributed by atoms with Gasteiger partial charge in [0.05, 0.1) is 11.3 Å². The topological polar surface area (TPSA) is 40.6 Å². The number of sulfonamides is 1. The van der Waals surface area contributed by atoms with Gasteiger partial charge < -0.3 is 0 Å². The molecule has 1 aliphatic rings. The molecule has 0 atom stereocenters. The molecule has 1 saturated heterocycles. The lowest BCUT2D eigenvalue weighted by Crippen LogP contribution is -2.47. The van der Waals surface area contributed by atoms with Gasteiger partial charge in [0, 0.05) is 38.1 Å². The molecule has 96 valence electrons. The van der Waals surface area contributed by atoms with Crippen molar-refractivity contribution < 1.29 is 8.42 Å². The van der Waals surface area contributed by atoms with Crippen molar-refractivity contribution in [3.63, 3.8) is 0 Å². The van der Waals surface area contributed by atoms with E-state index in [9.17, 15) is 8.42 Å². The summed E-state index contributed by atoms with van der Waals surface area (Å²) in [6.45, 7) is 3.47. The second kappa shape index (κ2) is 5.24. The van der Waals surface area contributed by atoms with Crippen molar-refractivity contribution in [3.8, 4) is 0 Å². The molecular formula is C10H15ClN2O2S2. The number of thiophene rings is 1. The third kappa shape index (κ3) is 3.42. The molecule has 0 aromatic carbocycles. The van der Waals surface area contributed by atoms with E-state index in [2.05, 4.69) is 4.90 Å². The van der Waals surface area contributed by atoms with Crippen LogP contribution in [0.25, 0.3) is 0 Å². The van der Waals surface area contributed by atoms with Gasteiger partial charge in [0.2, 0.25) is 10.0 Å². The van der Waals surface area contributed by atoms with Crippen molar-refractivity contribution in [2.45, 2.75) is 6.54 Å². The van der Waals surface area contributed by atoms with Crippen LogP contribution in [0.2, 0.25) is 5.02 Å². The van der Waals surface area contributed by atoms with E-state index in [1.165, 1.54) is 10.6 Å². The Morgan fingerprint density at radius 3 is 2.41 bits per heavy atom. The number of hydrogen-bond donors (Lipinski definition) is 0. The highest BCUT2D eigenvalue weighted by Crippen LogP contribution is 2.22. The zero-order valence-corrected chi connectivity index (χ0v) is 12.0. The summed E-state index contributed by atoms with van der Waals surface area (Å²) < 4.78 is 24.2. The van der Waals surface area contributed by atoms with Crippen molar-refractivity contribution in [1.29, 1.82) is 0 Å². The van der Waals surface area contributed by atoms with E-state index in [4.69, 9.17) is 11.6 Å². The maximum Gasteiger partial charge on any atom is 0.211 e. The monoisotopic (exact) mass is 294 g/mol.